The average Bonchev–Trinajstić information content (AvgIpc) is 2.52. The van der Waals surface area contributed by atoms with E-state index >= 15 is 0 Å². The Bertz CT molecular complexity index is 570. The number of hydrogen-bond donors (Lipinski definition) is 2. The molecule has 23 heavy (non-hydrogen) atoms. The second-order valence-electron chi connectivity index (χ2n) is 5.35. The Kier molecular flexibility index (Phi) is 7.80. The van der Waals surface area contributed by atoms with Gasteiger partial charge in [-0.15, -0.1) is 0 Å². The lowest BCUT2D eigenvalue weighted by atomic mass is 10.1. The number of unbranched alkanes of at least 4 members (excludes halogenated alkanes) is 2. The third kappa shape index (κ3) is 6.50. The maximum absolute atomic E-state index is 11.9. The van der Waals surface area contributed by atoms with Gasteiger partial charge in [-0.1, -0.05) is 32.8 Å². The first-order valence-electron chi connectivity index (χ1n) is 7.93. The van der Waals surface area contributed by atoms with Crippen molar-refractivity contribution >= 4 is 29.2 Å². The molecule has 0 aliphatic heterocycles. The van der Waals surface area contributed by atoms with Crippen LogP contribution in [0.2, 0.25) is 0 Å². The van der Waals surface area contributed by atoms with E-state index in [0.29, 0.717) is 18.5 Å². The number of carbonyl (C=O) groups is 3. The summed E-state index contributed by atoms with van der Waals surface area (Å²) in [7, 11) is 0. The number of carbonyl (C=O) groups excluding carboxylic acids is 3. The monoisotopic (exact) mass is 319 g/mol. The van der Waals surface area contributed by atoms with Gasteiger partial charge >= 0.3 is 0 Å². The summed E-state index contributed by atoms with van der Waals surface area (Å²) in [6.45, 7) is 3.96. The molecule has 1 aromatic carbocycles. The highest BCUT2D eigenvalue weighted by Crippen LogP contribution is 2.24. The summed E-state index contributed by atoms with van der Waals surface area (Å²) in [5, 5.41) is 16.3. The van der Waals surface area contributed by atoms with Crippen LogP contribution in [0.15, 0.2) is 18.2 Å². The van der Waals surface area contributed by atoms with Crippen LogP contribution in [0.3, 0.4) is 0 Å². The summed E-state index contributed by atoms with van der Waals surface area (Å²) >= 11 is 0. The fourth-order valence-electron chi connectivity index (χ4n) is 1.98. The molecule has 0 spiro atoms. The Morgan fingerprint density at radius 3 is 1.91 bits per heavy atom. The van der Waals surface area contributed by atoms with Crippen LogP contribution in [-0.4, -0.2) is 17.8 Å². The van der Waals surface area contributed by atoms with Gasteiger partial charge in [-0.2, -0.15) is 0 Å². The van der Waals surface area contributed by atoms with Gasteiger partial charge in [0.25, 0.3) is 0 Å². The van der Waals surface area contributed by atoms with E-state index in [4.69, 9.17) is 0 Å². The van der Waals surface area contributed by atoms with Crippen molar-refractivity contribution in [1.29, 1.82) is 0 Å². The summed E-state index contributed by atoms with van der Waals surface area (Å²) in [5.74, 6) is -1.72. The van der Waals surface area contributed by atoms with Crippen LogP contribution in [-0.2, 0) is 9.59 Å². The van der Waals surface area contributed by atoms with Crippen LogP contribution in [0.5, 0.6) is 0 Å². The molecule has 0 unspecified atom stereocenters. The van der Waals surface area contributed by atoms with Gasteiger partial charge in [0.2, 0.25) is 11.8 Å². The molecule has 0 aliphatic rings. The summed E-state index contributed by atoms with van der Waals surface area (Å²) in [4.78, 5) is 34.7. The summed E-state index contributed by atoms with van der Waals surface area (Å²) in [6.07, 6.45) is 4.01. The van der Waals surface area contributed by atoms with Crippen molar-refractivity contribution in [2.45, 2.75) is 52.4 Å². The van der Waals surface area contributed by atoms with E-state index in [9.17, 15) is 19.5 Å². The number of anilines is 2. The number of carboxylic acid groups (broad SMARTS) is 1. The van der Waals surface area contributed by atoms with Crippen molar-refractivity contribution < 1.29 is 19.5 Å². The molecular weight excluding hydrogens is 296 g/mol. The molecule has 126 valence electrons. The van der Waals surface area contributed by atoms with Crippen molar-refractivity contribution in [3.05, 3.63) is 23.8 Å². The van der Waals surface area contributed by atoms with Gasteiger partial charge in [0, 0.05) is 12.8 Å². The number of nitrogens with one attached hydrogen (secondary N) is 2. The van der Waals surface area contributed by atoms with Crippen molar-refractivity contribution in [2.24, 2.45) is 0 Å². The molecule has 0 atom stereocenters. The Hall–Kier alpha value is -2.37. The van der Waals surface area contributed by atoms with E-state index < -0.39 is 5.97 Å². The van der Waals surface area contributed by atoms with Crippen molar-refractivity contribution in [1.82, 2.24) is 0 Å². The zero-order chi connectivity index (χ0) is 17.2. The molecular formula is C17H23N2O4-. The van der Waals surface area contributed by atoms with Gasteiger partial charge in [-0.25, -0.2) is 0 Å². The van der Waals surface area contributed by atoms with Crippen LogP contribution in [0.1, 0.15) is 62.7 Å². The summed E-state index contributed by atoms with van der Waals surface area (Å²) in [5.41, 5.74) is 0.612. The minimum atomic E-state index is -1.34. The van der Waals surface area contributed by atoms with Crippen LogP contribution in [0.4, 0.5) is 11.4 Å². The molecule has 0 aliphatic carbocycles. The Morgan fingerprint density at radius 1 is 0.913 bits per heavy atom. The third-order valence-corrected chi connectivity index (χ3v) is 3.32. The summed E-state index contributed by atoms with van der Waals surface area (Å²) < 4.78 is 0. The largest absolute Gasteiger partial charge is 0.545 e. The van der Waals surface area contributed by atoms with Gasteiger partial charge in [-0.3, -0.25) is 9.59 Å². The number of carboxylic acids is 1. The Balaban J connectivity index is 2.92. The number of rotatable bonds is 9. The quantitative estimate of drug-likeness (QED) is 0.729. The first-order chi connectivity index (χ1) is 11.0. The van der Waals surface area contributed by atoms with Crippen LogP contribution >= 0.6 is 0 Å². The van der Waals surface area contributed by atoms with Crippen molar-refractivity contribution in [3.63, 3.8) is 0 Å². The molecule has 1 aromatic rings. The Morgan fingerprint density at radius 2 is 1.43 bits per heavy atom. The predicted octanol–water partition coefficient (Wildman–Crippen LogP) is 2.31. The van der Waals surface area contributed by atoms with Crippen LogP contribution in [0.25, 0.3) is 0 Å². The van der Waals surface area contributed by atoms with Gasteiger partial charge in [0.1, 0.15) is 0 Å². The lowest BCUT2D eigenvalue weighted by Gasteiger charge is -2.14. The minimum Gasteiger partial charge on any atom is -0.545 e. The predicted molar refractivity (Wildman–Crippen MR) is 87.1 cm³/mol. The van der Waals surface area contributed by atoms with E-state index in [1.54, 1.807) is 0 Å². The number of aromatic carboxylic acids is 1. The maximum atomic E-state index is 11.9. The number of amides is 2. The zero-order valence-corrected chi connectivity index (χ0v) is 13.6. The van der Waals surface area contributed by atoms with Gasteiger partial charge < -0.3 is 20.5 Å². The van der Waals surface area contributed by atoms with Gasteiger partial charge in [-0.05, 0) is 30.5 Å². The van der Waals surface area contributed by atoms with Crippen molar-refractivity contribution in [3.8, 4) is 0 Å². The lowest BCUT2D eigenvalue weighted by molar-refractivity contribution is -0.255. The lowest BCUT2D eigenvalue weighted by Crippen LogP contribution is -2.23. The second-order valence-corrected chi connectivity index (χ2v) is 5.35. The van der Waals surface area contributed by atoms with E-state index in [0.717, 1.165) is 25.7 Å². The molecule has 0 radical (unpaired) electrons. The molecule has 6 heteroatoms. The topological polar surface area (TPSA) is 98.3 Å². The third-order valence-electron chi connectivity index (χ3n) is 3.32. The van der Waals surface area contributed by atoms with E-state index in [1.807, 2.05) is 13.8 Å². The summed E-state index contributed by atoms with van der Waals surface area (Å²) in [6, 6.07) is 4.10. The fourth-order valence-corrected chi connectivity index (χ4v) is 1.98. The van der Waals surface area contributed by atoms with E-state index in [2.05, 4.69) is 10.6 Å². The first kappa shape index (κ1) is 18.7. The molecule has 0 heterocycles. The molecule has 1 rings (SSSR count). The standard InChI is InChI=1S/C17H24N2O4/c1-3-5-7-15(20)18-13-10-9-12(17(22)23)11-14(13)19-16(21)8-6-4-2/h9-11H,3-8H2,1-2H3,(H,18,20)(H,19,21)(H,22,23)/p-1. The van der Waals surface area contributed by atoms with Gasteiger partial charge in [0.15, 0.2) is 0 Å². The highest BCUT2D eigenvalue weighted by atomic mass is 16.4. The molecule has 6 nitrogen and oxygen atoms in total. The van der Waals surface area contributed by atoms with Crippen molar-refractivity contribution in [2.75, 3.05) is 10.6 Å². The van der Waals surface area contributed by atoms with Crippen LogP contribution in [0, 0.1) is 0 Å². The maximum Gasteiger partial charge on any atom is 0.224 e. The fraction of sp³-hybridized carbons (Fsp3) is 0.471. The molecule has 0 fully saturated rings. The molecule has 2 N–H and O–H groups in total. The molecule has 2 amide bonds. The van der Waals surface area contributed by atoms with E-state index in [-0.39, 0.29) is 23.1 Å². The highest BCUT2D eigenvalue weighted by molar-refractivity contribution is 6.01. The van der Waals surface area contributed by atoms with Crippen LogP contribution < -0.4 is 15.7 Å². The number of hydrogen-bond acceptors (Lipinski definition) is 4. The molecule has 0 bridgehead atoms. The number of benzene rings is 1. The molecule has 0 saturated heterocycles. The second kappa shape index (κ2) is 9.61. The zero-order valence-electron chi connectivity index (χ0n) is 13.6. The molecule has 0 saturated carbocycles. The smallest absolute Gasteiger partial charge is 0.224 e. The highest BCUT2D eigenvalue weighted by Gasteiger charge is 2.11. The SMILES string of the molecule is CCCCC(=O)Nc1ccc(C(=O)[O-])cc1NC(=O)CCCC. The minimum absolute atomic E-state index is 0.0534. The normalized spacial score (nSPS) is 10.2. The average molecular weight is 319 g/mol. The Labute approximate surface area is 136 Å². The van der Waals surface area contributed by atoms with Gasteiger partial charge in [0.05, 0.1) is 17.3 Å². The molecule has 0 aromatic heterocycles. The first-order valence-corrected chi connectivity index (χ1v) is 7.93. The van der Waals surface area contributed by atoms with E-state index in [1.165, 1.54) is 18.2 Å².